The third kappa shape index (κ3) is 8.47. The number of hydrogen-bond acceptors (Lipinski definition) is 5. The summed E-state index contributed by atoms with van der Waals surface area (Å²) in [6.45, 7) is 0. The van der Waals surface area contributed by atoms with Crippen LogP contribution in [0.25, 0.3) is 0 Å². The predicted molar refractivity (Wildman–Crippen MR) is 67.1 cm³/mol. The van der Waals surface area contributed by atoms with Crippen LogP contribution >= 0.6 is 8.15 Å². The lowest BCUT2D eigenvalue weighted by molar-refractivity contribution is -0.142. The fourth-order valence-electron chi connectivity index (χ4n) is 1.35. The summed E-state index contributed by atoms with van der Waals surface area (Å²) in [5.41, 5.74) is 5.26. The van der Waals surface area contributed by atoms with E-state index in [1.165, 1.54) is 0 Å². The maximum Gasteiger partial charge on any atom is 0.320 e. The van der Waals surface area contributed by atoms with Crippen molar-refractivity contribution < 1.29 is 34.6 Å². The lowest BCUT2D eigenvalue weighted by Gasteiger charge is -2.16. The minimum absolute atomic E-state index is 0.0513. The van der Waals surface area contributed by atoms with Crippen LogP contribution in [0.4, 0.5) is 0 Å². The van der Waals surface area contributed by atoms with E-state index >= 15 is 0 Å². The fourth-order valence-corrected chi connectivity index (χ4v) is 2.95. The maximum atomic E-state index is 10.9. The van der Waals surface area contributed by atoms with Crippen LogP contribution in [0.15, 0.2) is 0 Å². The molecule has 0 aromatic carbocycles. The second-order valence-electron chi connectivity index (χ2n) is 4.11. The van der Waals surface area contributed by atoms with Gasteiger partial charge in [0.15, 0.2) is 0 Å². The van der Waals surface area contributed by atoms with E-state index in [1.54, 1.807) is 0 Å². The minimum atomic E-state index is -1.66. The smallest absolute Gasteiger partial charge is 0.320 e. The zero-order valence-electron chi connectivity index (χ0n) is 10.2. The molecule has 0 aromatic rings. The number of aliphatic carboxylic acids is 3. The van der Waals surface area contributed by atoms with E-state index in [2.05, 4.69) is 0 Å². The van der Waals surface area contributed by atoms with Gasteiger partial charge in [0.1, 0.15) is 6.04 Å². The molecule has 0 aliphatic heterocycles. The molecule has 3 atom stereocenters. The molecule has 0 amide bonds. The molecule has 8 nitrogen and oxygen atoms in total. The van der Waals surface area contributed by atoms with Gasteiger partial charge in [0.2, 0.25) is 0 Å². The largest absolute Gasteiger partial charge is 0.481 e. The molecule has 0 saturated carbocycles. The highest BCUT2D eigenvalue weighted by Crippen LogP contribution is 2.35. The standard InChI is InChI=1S/C10H18NO7P/c11-7(10(16)17)3-4-19(18)5-6(9(14)15)1-2-8(12)13/h6-7,18H,1-5,11H2,(H,12,13)(H,14,15)(H,16,17). The third-order valence-corrected chi connectivity index (χ3v) is 4.14. The number of rotatable bonds is 10. The normalized spacial score (nSPS) is 15.5. The number of hydrogen-bond donors (Lipinski definition) is 5. The van der Waals surface area contributed by atoms with Crippen LogP contribution in [0.5, 0.6) is 0 Å². The molecule has 0 saturated heterocycles. The Morgan fingerprint density at radius 1 is 1.05 bits per heavy atom. The lowest BCUT2D eigenvalue weighted by atomic mass is 10.1. The molecule has 0 aromatic heterocycles. The molecule has 9 heteroatoms. The summed E-state index contributed by atoms with van der Waals surface area (Å²) in [5, 5.41) is 25.9. The fraction of sp³-hybridized carbons (Fsp3) is 0.700. The van der Waals surface area contributed by atoms with Gasteiger partial charge < -0.3 is 25.9 Å². The van der Waals surface area contributed by atoms with E-state index in [1.807, 2.05) is 0 Å². The maximum absolute atomic E-state index is 10.9. The molecule has 110 valence electrons. The molecule has 0 fully saturated rings. The average molecular weight is 295 g/mol. The van der Waals surface area contributed by atoms with Crippen LogP contribution in [0.3, 0.4) is 0 Å². The van der Waals surface area contributed by atoms with Crippen molar-refractivity contribution in [2.75, 3.05) is 12.3 Å². The molecule has 0 aliphatic rings. The van der Waals surface area contributed by atoms with Crippen LogP contribution in [-0.2, 0) is 14.4 Å². The highest BCUT2D eigenvalue weighted by Gasteiger charge is 2.23. The minimum Gasteiger partial charge on any atom is -0.481 e. The molecule has 0 radical (unpaired) electrons. The molecule has 0 aliphatic carbocycles. The lowest BCUT2D eigenvalue weighted by Crippen LogP contribution is -2.31. The summed E-state index contributed by atoms with van der Waals surface area (Å²) in [5.74, 6) is -4.37. The van der Waals surface area contributed by atoms with Crippen LogP contribution in [-0.4, -0.2) is 56.5 Å². The molecule has 3 unspecified atom stereocenters. The van der Waals surface area contributed by atoms with Gasteiger partial charge in [0, 0.05) is 20.7 Å². The van der Waals surface area contributed by atoms with Crippen molar-refractivity contribution in [3.05, 3.63) is 0 Å². The van der Waals surface area contributed by atoms with Crippen LogP contribution in [0, 0.1) is 5.92 Å². The van der Waals surface area contributed by atoms with Gasteiger partial charge in [0.05, 0.1) is 5.92 Å². The Morgan fingerprint density at radius 3 is 2.05 bits per heavy atom. The monoisotopic (exact) mass is 295 g/mol. The molecular weight excluding hydrogens is 277 g/mol. The van der Waals surface area contributed by atoms with Crippen molar-refractivity contribution in [3.63, 3.8) is 0 Å². The number of carbonyl (C=O) groups is 3. The van der Waals surface area contributed by atoms with Crippen molar-refractivity contribution >= 4 is 26.1 Å². The predicted octanol–water partition coefficient (Wildman–Crippen LogP) is -0.257. The Balaban J connectivity index is 4.16. The van der Waals surface area contributed by atoms with Crippen molar-refractivity contribution in [1.29, 1.82) is 0 Å². The summed E-state index contributed by atoms with van der Waals surface area (Å²) in [4.78, 5) is 41.4. The highest BCUT2D eigenvalue weighted by atomic mass is 31.1. The van der Waals surface area contributed by atoms with E-state index in [4.69, 9.17) is 21.1 Å². The van der Waals surface area contributed by atoms with Gasteiger partial charge in [-0.05, 0) is 19.0 Å². The summed E-state index contributed by atoms with van der Waals surface area (Å²) in [6.07, 6.45) is -0.212. The molecule has 19 heavy (non-hydrogen) atoms. The van der Waals surface area contributed by atoms with Gasteiger partial charge in [-0.3, -0.25) is 14.4 Å². The second kappa shape index (κ2) is 8.79. The van der Waals surface area contributed by atoms with Gasteiger partial charge in [0.25, 0.3) is 0 Å². The Hall–Kier alpha value is -1.24. The molecular formula is C10H18NO7P. The Labute approximate surface area is 111 Å². The molecule has 0 rings (SSSR count). The zero-order valence-corrected chi connectivity index (χ0v) is 11.1. The van der Waals surface area contributed by atoms with E-state index in [0.29, 0.717) is 0 Å². The van der Waals surface area contributed by atoms with Gasteiger partial charge in [-0.2, -0.15) is 0 Å². The van der Waals surface area contributed by atoms with E-state index in [-0.39, 0.29) is 31.6 Å². The van der Waals surface area contributed by atoms with Crippen LogP contribution in [0.2, 0.25) is 0 Å². The first-order valence-electron chi connectivity index (χ1n) is 5.60. The van der Waals surface area contributed by atoms with Crippen LogP contribution < -0.4 is 5.73 Å². The molecule has 0 heterocycles. The second-order valence-corrected chi connectivity index (χ2v) is 5.94. The average Bonchev–Trinajstić information content (AvgIpc) is 2.30. The van der Waals surface area contributed by atoms with Crippen molar-refractivity contribution in [3.8, 4) is 0 Å². The summed E-state index contributed by atoms with van der Waals surface area (Å²) in [7, 11) is -1.66. The zero-order chi connectivity index (χ0) is 15.0. The summed E-state index contributed by atoms with van der Waals surface area (Å²) >= 11 is 0. The van der Waals surface area contributed by atoms with E-state index in [9.17, 15) is 19.3 Å². The first-order chi connectivity index (χ1) is 8.73. The quantitative estimate of drug-likeness (QED) is 0.345. The SMILES string of the molecule is NC(CCP(O)CC(CCC(=O)O)C(=O)O)C(=O)O. The summed E-state index contributed by atoms with van der Waals surface area (Å²) in [6, 6.07) is -1.08. The van der Waals surface area contributed by atoms with Crippen molar-refractivity contribution in [2.24, 2.45) is 11.7 Å². The Kier molecular flexibility index (Phi) is 8.22. The molecule has 0 spiro atoms. The third-order valence-electron chi connectivity index (χ3n) is 2.50. The highest BCUT2D eigenvalue weighted by molar-refractivity contribution is 7.51. The van der Waals surface area contributed by atoms with Crippen molar-refractivity contribution in [2.45, 2.75) is 25.3 Å². The first-order valence-corrected chi connectivity index (χ1v) is 7.27. The van der Waals surface area contributed by atoms with Gasteiger partial charge in [-0.15, -0.1) is 0 Å². The van der Waals surface area contributed by atoms with E-state index in [0.717, 1.165) is 0 Å². The van der Waals surface area contributed by atoms with Crippen molar-refractivity contribution in [1.82, 2.24) is 0 Å². The number of carboxylic acid groups (broad SMARTS) is 3. The Bertz CT molecular complexity index is 336. The molecule has 6 N–H and O–H groups in total. The Morgan fingerprint density at radius 2 is 1.63 bits per heavy atom. The van der Waals surface area contributed by atoms with Crippen LogP contribution in [0.1, 0.15) is 19.3 Å². The van der Waals surface area contributed by atoms with Gasteiger partial charge in [-0.25, -0.2) is 0 Å². The number of nitrogens with two attached hydrogens (primary N) is 1. The first kappa shape index (κ1) is 17.8. The van der Waals surface area contributed by atoms with Gasteiger partial charge >= 0.3 is 17.9 Å². The topological polar surface area (TPSA) is 158 Å². The van der Waals surface area contributed by atoms with E-state index < -0.39 is 38.0 Å². The summed E-state index contributed by atoms with van der Waals surface area (Å²) < 4.78 is 0. The van der Waals surface area contributed by atoms with Gasteiger partial charge in [-0.1, -0.05) is 0 Å². The number of carboxylic acids is 3. The molecule has 0 bridgehead atoms.